The summed E-state index contributed by atoms with van der Waals surface area (Å²) in [5, 5.41) is 12.0. The average molecular weight is 224 g/mol. The second kappa shape index (κ2) is 6.19. The second-order valence-electron chi connectivity index (χ2n) is 3.45. The molecule has 0 saturated heterocycles. The zero-order valence-electron chi connectivity index (χ0n) is 9.43. The van der Waals surface area contributed by atoms with Gasteiger partial charge in [-0.1, -0.05) is 6.07 Å². The van der Waals surface area contributed by atoms with Crippen molar-refractivity contribution in [1.82, 2.24) is 10.3 Å². The molecule has 1 heterocycles. The summed E-state index contributed by atoms with van der Waals surface area (Å²) in [7, 11) is 1.57. The lowest BCUT2D eigenvalue weighted by Crippen LogP contribution is -2.31. The Hall–Kier alpha value is -1.46. The fourth-order valence-corrected chi connectivity index (χ4v) is 1.30. The molecule has 0 bridgehead atoms. The molecule has 1 aromatic rings. The van der Waals surface area contributed by atoms with Crippen molar-refractivity contribution in [1.29, 1.82) is 0 Å². The molecule has 5 nitrogen and oxygen atoms in total. The lowest BCUT2D eigenvalue weighted by Gasteiger charge is -2.14. The van der Waals surface area contributed by atoms with Crippen LogP contribution in [0.1, 0.15) is 17.3 Å². The number of aliphatic carboxylic acids is 1. The van der Waals surface area contributed by atoms with Gasteiger partial charge < -0.3 is 9.84 Å². The van der Waals surface area contributed by atoms with E-state index >= 15 is 0 Å². The number of pyridine rings is 1. The topological polar surface area (TPSA) is 71.5 Å². The van der Waals surface area contributed by atoms with Crippen molar-refractivity contribution in [3.63, 3.8) is 0 Å². The van der Waals surface area contributed by atoms with Crippen LogP contribution in [0.15, 0.2) is 18.3 Å². The molecule has 5 heteroatoms. The monoisotopic (exact) mass is 224 g/mol. The van der Waals surface area contributed by atoms with Crippen LogP contribution in [0.4, 0.5) is 0 Å². The Morgan fingerprint density at radius 3 is 2.88 bits per heavy atom. The van der Waals surface area contributed by atoms with Gasteiger partial charge in [0.15, 0.2) is 0 Å². The fourth-order valence-electron chi connectivity index (χ4n) is 1.30. The summed E-state index contributed by atoms with van der Waals surface area (Å²) in [4.78, 5) is 15.1. The minimum absolute atomic E-state index is 0.475. The maximum absolute atomic E-state index is 11.0. The van der Waals surface area contributed by atoms with Crippen molar-refractivity contribution in [2.45, 2.75) is 13.0 Å². The summed E-state index contributed by atoms with van der Waals surface area (Å²) in [5.74, 6) is -0.915. The number of carboxylic acids is 1. The van der Waals surface area contributed by atoms with Gasteiger partial charge in [-0.05, 0) is 18.6 Å². The van der Waals surface area contributed by atoms with E-state index in [9.17, 15) is 4.79 Å². The van der Waals surface area contributed by atoms with Crippen molar-refractivity contribution in [3.05, 3.63) is 29.6 Å². The first-order valence-electron chi connectivity index (χ1n) is 5.03. The molecule has 0 aliphatic heterocycles. The van der Waals surface area contributed by atoms with Crippen LogP contribution in [-0.2, 0) is 9.53 Å². The normalized spacial score (nSPS) is 12.4. The zero-order chi connectivity index (χ0) is 12.0. The highest BCUT2D eigenvalue weighted by atomic mass is 16.5. The van der Waals surface area contributed by atoms with E-state index in [1.807, 2.05) is 6.92 Å². The number of hydrogen-bond donors (Lipinski definition) is 2. The van der Waals surface area contributed by atoms with Crippen LogP contribution in [0.2, 0.25) is 0 Å². The summed E-state index contributed by atoms with van der Waals surface area (Å²) >= 11 is 0. The van der Waals surface area contributed by atoms with Gasteiger partial charge in [0.2, 0.25) is 0 Å². The van der Waals surface area contributed by atoms with Crippen molar-refractivity contribution >= 4 is 5.97 Å². The Bertz CT molecular complexity index is 338. The number of nitrogens with one attached hydrogen (secondary N) is 1. The number of nitrogens with zero attached hydrogens (tertiary/aromatic N) is 1. The molecule has 0 saturated carbocycles. The lowest BCUT2D eigenvalue weighted by atomic mass is 10.1. The Morgan fingerprint density at radius 2 is 2.38 bits per heavy atom. The van der Waals surface area contributed by atoms with E-state index in [1.165, 1.54) is 0 Å². The lowest BCUT2D eigenvalue weighted by molar-refractivity contribution is -0.139. The molecule has 2 N–H and O–H groups in total. The Kier molecular flexibility index (Phi) is 4.88. The first-order chi connectivity index (χ1) is 7.65. The molecule has 1 rings (SSSR count). The minimum Gasteiger partial charge on any atom is -0.480 e. The number of methoxy groups -OCH3 is 1. The molecule has 0 spiro atoms. The molecule has 88 valence electrons. The van der Waals surface area contributed by atoms with Crippen LogP contribution in [0.5, 0.6) is 0 Å². The Morgan fingerprint density at radius 1 is 1.62 bits per heavy atom. The Balaban J connectivity index is 2.69. The summed E-state index contributed by atoms with van der Waals surface area (Å²) in [6, 6.07) is 2.83. The highest BCUT2D eigenvalue weighted by molar-refractivity contribution is 5.75. The molecule has 0 amide bonds. The third-order valence-electron chi connectivity index (χ3n) is 2.17. The molecule has 0 aliphatic carbocycles. The summed E-state index contributed by atoms with van der Waals surface area (Å²) < 4.78 is 4.86. The molecular formula is C11H16N2O3. The van der Waals surface area contributed by atoms with Crippen molar-refractivity contribution < 1.29 is 14.6 Å². The molecule has 0 aliphatic rings. The van der Waals surface area contributed by atoms with E-state index in [2.05, 4.69) is 10.3 Å². The number of carboxylic acid groups (broad SMARTS) is 1. The summed E-state index contributed by atoms with van der Waals surface area (Å²) in [6.45, 7) is 2.82. The van der Waals surface area contributed by atoms with Crippen LogP contribution in [0.25, 0.3) is 0 Å². The third-order valence-corrected chi connectivity index (χ3v) is 2.17. The van der Waals surface area contributed by atoms with Crippen molar-refractivity contribution in [3.8, 4) is 0 Å². The van der Waals surface area contributed by atoms with E-state index < -0.39 is 12.0 Å². The fraction of sp³-hybridized carbons (Fsp3) is 0.455. The summed E-state index contributed by atoms with van der Waals surface area (Å²) in [6.07, 6.45) is 1.58. The molecule has 16 heavy (non-hydrogen) atoms. The quantitative estimate of drug-likeness (QED) is 0.698. The third kappa shape index (κ3) is 3.60. The van der Waals surface area contributed by atoms with E-state index in [1.54, 1.807) is 25.4 Å². The zero-order valence-corrected chi connectivity index (χ0v) is 9.43. The van der Waals surface area contributed by atoms with Gasteiger partial charge in [0.25, 0.3) is 0 Å². The minimum atomic E-state index is -0.915. The van der Waals surface area contributed by atoms with Gasteiger partial charge >= 0.3 is 5.97 Å². The van der Waals surface area contributed by atoms with Crippen LogP contribution in [-0.4, -0.2) is 36.3 Å². The van der Waals surface area contributed by atoms with Crippen LogP contribution >= 0.6 is 0 Å². The molecule has 1 unspecified atom stereocenters. The van der Waals surface area contributed by atoms with Crippen molar-refractivity contribution in [2.24, 2.45) is 0 Å². The second-order valence-corrected chi connectivity index (χ2v) is 3.45. The van der Waals surface area contributed by atoms with Crippen molar-refractivity contribution in [2.75, 3.05) is 20.3 Å². The molecule has 0 fully saturated rings. The van der Waals surface area contributed by atoms with E-state index in [0.29, 0.717) is 18.7 Å². The first-order valence-corrected chi connectivity index (χ1v) is 5.03. The maximum atomic E-state index is 11.0. The molecule has 1 aromatic heterocycles. The average Bonchev–Trinajstić information content (AvgIpc) is 2.26. The van der Waals surface area contributed by atoms with E-state index in [-0.39, 0.29) is 0 Å². The van der Waals surface area contributed by atoms with Gasteiger partial charge in [0, 0.05) is 25.5 Å². The number of ether oxygens (including phenoxy) is 1. The smallest absolute Gasteiger partial charge is 0.325 e. The van der Waals surface area contributed by atoms with Crippen LogP contribution < -0.4 is 5.32 Å². The largest absolute Gasteiger partial charge is 0.480 e. The maximum Gasteiger partial charge on any atom is 0.325 e. The highest BCUT2D eigenvalue weighted by Crippen LogP contribution is 2.12. The molecule has 0 aromatic carbocycles. The summed E-state index contributed by atoms with van der Waals surface area (Å²) in [5.41, 5.74) is 1.51. The van der Waals surface area contributed by atoms with Crippen LogP contribution in [0.3, 0.4) is 0 Å². The molecular weight excluding hydrogens is 208 g/mol. The van der Waals surface area contributed by atoms with Gasteiger partial charge in [-0.2, -0.15) is 0 Å². The SMILES string of the molecule is COCCNC(C(=O)O)c1ccc(C)nc1. The Labute approximate surface area is 94.5 Å². The number of aryl methyl sites for hydroxylation is 1. The number of hydrogen-bond acceptors (Lipinski definition) is 4. The number of rotatable bonds is 6. The van der Waals surface area contributed by atoms with Gasteiger partial charge in [-0.15, -0.1) is 0 Å². The number of aromatic nitrogens is 1. The van der Waals surface area contributed by atoms with E-state index in [4.69, 9.17) is 9.84 Å². The van der Waals surface area contributed by atoms with Gasteiger partial charge in [0.05, 0.1) is 6.61 Å². The van der Waals surface area contributed by atoms with Crippen LogP contribution in [0, 0.1) is 6.92 Å². The molecule has 0 radical (unpaired) electrons. The predicted octanol–water partition coefficient (Wildman–Crippen LogP) is 0.752. The highest BCUT2D eigenvalue weighted by Gasteiger charge is 2.18. The van der Waals surface area contributed by atoms with Gasteiger partial charge in [-0.3, -0.25) is 15.1 Å². The standard InChI is InChI=1S/C11H16N2O3/c1-8-3-4-9(7-13-8)10(11(14)15)12-5-6-16-2/h3-4,7,10,12H,5-6H2,1-2H3,(H,14,15). The first kappa shape index (κ1) is 12.6. The van der Waals surface area contributed by atoms with Gasteiger partial charge in [0.1, 0.15) is 6.04 Å². The van der Waals surface area contributed by atoms with Gasteiger partial charge in [-0.25, -0.2) is 0 Å². The molecule has 1 atom stereocenters. The number of carbonyl (C=O) groups is 1. The van der Waals surface area contributed by atoms with E-state index in [0.717, 1.165) is 5.69 Å². The predicted molar refractivity (Wildman–Crippen MR) is 59.2 cm³/mol.